The molecule has 1 aromatic carbocycles. The molecule has 0 radical (unpaired) electrons. The third kappa shape index (κ3) is 3.48. The highest BCUT2D eigenvalue weighted by Crippen LogP contribution is 2.31. The first-order valence-corrected chi connectivity index (χ1v) is 8.78. The number of hydrogen-bond donors (Lipinski definition) is 2. The number of aryl methyl sites for hydroxylation is 2. The number of halogens is 1. The Hall–Kier alpha value is -1.82. The van der Waals surface area contributed by atoms with Gasteiger partial charge in [-0.05, 0) is 72.8 Å². The highest BCUT2D eigenvalue weighted by atomic mass is 79.9. The van der Waals surface area contributed by atoms with Crippen molar-refractivity contribution in [1.29, 1.82) is 0 Å². The van der Waals surface area contributed by atoms with E-state index in [0.717, 1.165) is 27.0 Å². The molecule has 1 atom stereocenters. The fraction of sp³-hybridized carbons (Fsp3) is 0.444. The maximum Gasteiger partial charge on any atom is 0.248 e. The highest BCUT2D eigenvalue weighted by molar-refractivity contribution is 9.10. The van der Waals surface area contributed by atoms with Gasteiger partial charge in [0.05, 0.1) is 15.9 Å². The zero-order valence-electron chi connectivity index (χ0n) is 14.9. The van der Waals surface area contributed by atoms with E-state index >= 15 is 0 Å². The monoisotopic (exact) mass is 393 g/mol. The number of hydrogen-bond acceptors (Lipinski definition) is 3. The average molecular weight is 394 g/mol. The molecule has 0 aliphatic rings. The molecule has 0 bridgehead atoms. The Morgan fingerprint density at radius 1 is 1.25 bits per heavy atom. The molecule has 0 aliphatic carbocycles. The molecular weight excluding hydrogens is 370 g/mol. The lowest BCUT2D eigenvalue weighted by molar-refractivity contribution is -0.119. The van der Waals surface area contributed by atoms with Crippen molar-refractivity contribution >= 4 is 27.5 Å². The van der Waals surface area contributed by atoms with Crippen molar-refractivity contribution in [3.63, 3.8) is 0 Å². The van der Waals surface area contributed by atoms with E-state index in [-0.39, 0.29) is 17.6 Å². The van der Waals surface area contributed by atoms with Gasteiger partial charge in [0.25, 0.3) is 0 Å². The van der Waals surface area contributed by atoms with Crippen LogP contribution in [-0.2, 0) is 4.79 Å². The molecule has 0 saturated heterocycles. The summed E-state index contributed by atoms with van der Waals surface area (Å²) in [6.45, 7) is 11.5. The van der Waals surface area contributed by atoms with E-state index in [1.807, 2.05) is 47.6 Å². The zero-order valence-corrected chi connectivity index (χ0v) is 16.5. The smallest absolute Gasteiger partial charge is 0.248 e. The van der Waals surface area contributed by atoms with Crippen LogP contribution in [0.15, 0.2) is 16.6 Å². The molecule has 0 aliphatic heterocycles. The van der Waals surface area contributed by atoms with Gasteiger partial charge in [-0.1, -0.05) is 13.8 Å². The molecule has 1 aromatic heterocycles. The molecule has 130 valence electrons. The predicted molar refractivity (Wildman–Crippen MR) is 99.7 cm³/mol. The van der Waals surface area contributed by atoms with E-state index in [9.17, 15) is 9.90 Å². The first kappa shape index (κ1) is 18.5. The van der Waals surface area contributed by atoms with E-state index in [2.05, 4.69) is 26.3 Å². The molecular formula is C18H24BrN3O2. The first-order valence-electron chi connectivity index (χ1n) is 7.99. The van der Waals surface area contributed by atoms with Gasteiger partial charge in [0.1, 0.15) is 11.8 Å². The number of aromatic nitrogens is 2. The first-order chi connectivity index (χ1) is 11.1. The minimum Gasteiger partial charge on any atom is -0.508 e. The largest absolute Gasteiger partial charge is 0.508 e. The maximum absolute atomic E-state index is 12.7. The average Bonchev–Trinajstić information content (AvgIpc) is 2.76. The Labute approximate surface area is 151 Å². The molecule has 24 heavy (non-hydrogen) atoms. The SMILES string of the molecule is Cc1cc(O)c(C(C)C)cc1NC(=O)C(C)n1nc(C)c(Br)c1C. The second-order valence-corrected chi connectivity index (χ2v) is 7.27. The summed E-state index contributed by atoms with van der Waals surface area (Å²) in [5.41, 5.74) is 4.13. The summed E-state index contributed by atoms with van der Waals surface area (Å²) in [5, 5.41) is 17.4. The van der Waals surface area contributed by atoms with Gasteiger partial charge in [-0.25, -0.2) is 0 Å². The van der Waals surface area contributed by atoms with Crippen molar-refractivity contribution in [1.82, 2.24) is 9.78 Å². The Balaban J connectivity index is 2.29. The molecule has 0 fully saturated rings. The van der Waals surface area contributed by atoms with Crippen LogP contribution in [0.2, 0.25) is 0 Å². The lowest BCUT2D eigenvalue weighted by atomic mass is 9.99. The maximum atomic E-state index is 12.7. The quantitative estimate of drug-likeness (QED) is 0.745. The lowest BCUT2D eigenvalue weighted by Gasteiger charge is -2.18. The topological polar surface area (TPSA) is 67.2 Å². The highest BCUT2D eigenvalue weighted by Gasteiger charge is 2.21. The van der Waals surface area contributed by atoms with Crippen LogP contribution in [-0.4, -0.2) is 20.8 Å². The number of phenolic OH excluding ortho intramolecular Hbond substituents is 1. The van der Waals surface area contributed by atoms with Crippen LogP contribution in [0.1, 0.15) is 55.2 Å². The molecule has 1 unspecified atom stereocenters. The van der Waals surface area contributed by atoms with Crippen LogP contribution < -0.4 is 5.32 Å². The van der Waals surface area contributed by atoms with Crippen LogP contribution in [0.5, 0.6) is 5.75 Å². The van der Waals surface area contributed by atoms with Crippen molar-refractivity contribution < 1.29 is 9.90 Å². The van der Waals surface area contributed by atoms with E-state index in [0.29, 0.717) is 5.69 Å². The normalized spacial score (nSPS) is 12.5. The van der Waals surface area contributed by atoms with Crippen LogP contribution >= 0.6 is 15.9 Å². The summed E-state index contributed by atoms with van der Waals surface area (Å²) < 4.78 is 2.64. The number of phenols is 1. The number of nitrogens with zero attached hydrogens (tertiary/aromatic N) is 2. The molecule has 2 rings (SSSR count). The summed E-state index contributed by atoms with van der Waals surface area (Å²) in [5.74, 6) is 0.290. The predicted octanol–water partition coefficient (Wildman–Crippen LogP) is 4.60. The number of aromatic hydroxyl groups is 1. The molecule has 2 aromatic rings. The van der Waals surface area contributed by atoms with Gasteiger partial charge in [0, 0.05) is 5.69 Å². The van der Waals surface area contributed by atoms with E-state index in [4.69, 9.17) is 0 Å². The van der Waals surface area contributed by atoms with Gasteiger partial charge in [-0.15, -0.1) is 0 Å². The van der Waals surface area contributed by atoms with E-state index < -0.39 is 6.04 Å². The van der Waals surface area contributed by atoms with Gasteiger partial charge in [0.15, 0.2) is 0 Å². The number of amides is 1. The molecule has 5 nitrogen and oxygen atoms in total. The molecule has 6 heteroatoms. The van der Waals surface area contributed by atoms with Crippen molar-refractivity contribution in [3.8, 4) is 5.75 Å². The van der Waals surface area contributed by atoms with E-state index in [1.165, 1.54) is 0 Å². The summed E-state index contributed by atoms with van der Waals surface area (Å²) in [6, 6.07) is 3.10. The minimum absolute atomic E-state index is 0.142. The third-order valence-corrected chi connectivity index (χ3v) is 5.38. The fourth-order valence-corrected chi connectivity index (χ4v) is 2.94. The fourth-order valence-electron chi connectivity index (χ4n) is 2.67. The van der Waals surface area contributed by atoms with Crippen LogP contribution in [0.3, 0.4) is 0 Å². The number of rotatable bonds is 4. The van der Waals surface area contributed by atoms with Crippen molar-refractivity contribution in [2.45, 2.75) is 53.5 Å². The Morgan fingerprint density at radius 2 is 1.88 bits per heavy atom. The van der Waals surface area contributed by atoms with E-state index in [1.54, 1.807) is 10.7 Å². The van der Waals surface area contributed by atoms with Crippen molar-refractivity contribution in [2.75, 3.05) is 5.32 Å². The van der Waals surface area contributed by atoms with Crippen molar-refractivity contribution in [2.24, 2.45) is 0 Å². The standard InChI is InChI=1S/C18H24BrN3O2/c1-9(2)14-8-15(10(3)7-16(14)23)20-18(24)13(6)22-12(5)17(19)11(4)21-22/h7-9,13,23H,1-6H3,(H,20,24). The summed E-state index contributed by atoms with van der Waals surface area (Å²) in [4.78, 5) is 12.7. The van der Waals surface area contributed by atoms with Crippen LogP contribution in [0, 0.1) is 20.8 Å². The molecule has 0 saturated carbocycles. The number of carbonyl (C=O) groups excluding carboxylic acids is 1. The Bertz CT molecular complexity index is 781. The second kappa shape index (κ2) is 6.97. The molecule has 2 N–H and O–H groups in total. The number of benzene rings is 1. The van der Waals surface area contributed by atoms with Gasteiger partial charge >= 0.3 is 0 Å². The summed E-state index contributed by atoms with van der Waals surface area (Å²) in [7, 11) is 0. The number of anilines is 1. The summed E-state index contributed by atoms with van der Waals surface area (Å²) in [6.07, 6.45) is 0. The van der Waals surface area contributed by atoms with Crippen LogP contribution in [0.4, 0.5) is 5.69 Å². The third-order valence-electron chi connectivity index (χ3n) is 4.24. The zero-order chi connectivity index (χ0) is 18.2. The summed E-state index contributed by atoms with van der Waals surface area (Å²) >= 11 is 3.49. The number of nitrogens with one attached hydrogen (secondary N) is 1. The van der Waals surface area contributed by atoms with Crippen molar-refractivity contribution in [3.05, 3.63) is 39.1 Å². The molecule has 1 amide bonds. The van der Waals surface area contributed by atoms with Gasteiger partial charge in [-0.2, -0.15) is 5.10 Å². The number of carbonyl (C=O) groups is 1. The Kier molecular flexibility index (Phi) is 5.38. The van der Waals surface area contributed by atoms with Gasteiger partial charge < -0.3 is 10.4 Å². The minimum atomic E-state index is -0.439. The second-order valence-electron chi connectivity index (χ2n) is 6.48. The Morgan fingerprint density at radius 3 is 2.38 bits per heavy atom. The van der Waals surface area contributed by atoms with Gasteiger partial charge in [-0.3, -0.25) is 9.48 Å². The molecule has 0 spiro atoms. The lowest BCUT2D eigenvalue weighted by Crippen LogP contribution is -2.25. The van der Waals surface area contributed by atoms with Gasteiger partial charge in [0.2, 0.25) is 5.91 Å². The molecule has 1 heterocycles. The van der Waals surface area contributed by atoms with Crippen LogP contribution in [0.25, 0.3) is 0 Å².